The lowest BCUT2D eigenvalue weighted by Crippen LogP contribution is -2.26. The smallest absolute Gasteiger partial charge is 0.165 e. The summed E-state index contributed by atoms with van der Waals surface area (Å²) >= 11 is 0. The molecular formula is C9H18O3. The van der Waals surface area contributed by atoms with Crippen LogP contribution in [0.1, 0.15) is 26.7 Å². The van der Waals surface area contributed by atoms with E-state index in [1.165, 1.54) is 0 Å². The fourth-order valence-electron chi connectivity index (χ4n) is 1.30. The highest BCUT2D eigenvalue weighted by atomic mass is 16.7. The molecule has 1 saturated heterocycles. The van der Waals surface area contributed by atoms with E-state index in [9.17, 15) is 0 Å². The molecule has 0 aliphatic carbocycles. The predicted molar refractivity (Wildman–Crippen MR) is 45.8 cm³/mol. The molecule has 72 valence electrons. The minimum absolute atomic E-state index is 0.246. The summed E-state index contributed by atoms with van der Waals surface area (Å²) in [5.74, 6) is -0.0432. The molecule has 0 aromatic heterocycles. The lowest BCUT2D eigenvalue weighted by Gasteiger charge is -2.23. The molecule has 1 heterocycles. The molecule has 1 aliphatic rings. The van der Waals surface area contributed by atoms with E-state index in [1.807, 2.05) is 13.8 Å². The Morgan fingerprint density at radius 1 is 1.42 bits per heavy atom. The Morgan fingerprint density at radius 2 is 2.00 bits per heavy atom. The first-order chi connectivity index (χ1) is 5.66. The lowest BCUT2D eigenvalue weighted by atomic mass is 10.0. The molecule has 0 aromatic rings. The molecule has 1 atom stereocenters. The molecule has 0 radical (unpaired) electrons. The highest BCUT2D eigenvalue weighted by molar-refractivity contribution is 4.69. The zero-order chi connectivity index (χ0) is 9.03. The first-order valence-electron chi connectivity index (χ1n) is 4.55. The van der Waals surface area contributed by atoms with Gasteiger partial charge in [-0.25, -0.2) is 0 Å². The summed E-state index contributed by atoms with van der Waals surface area (Å²) in [6.45, 7) is 5.63. The molecular weight excluding hydrogens is 156 g/mol. The van der Waals surface area contributed by atoms with Gasteiger partial charge >= 0.3 is 0 Å². The molecule has 1 unspecified atom stereocenters. The lowest BCUT2D eigenvalue weighted by molar-refractivity contribution is -0.149. The third kappa shape index (κ3) is 2.73. The minimum Gasteiger partial charge on any atom is -0.396 e. The predicted octanol–water partition coefficient (Wildman–Crippen LogP) is 1.16. The van der Waals surface area contributed by atoms with Gasteiger partial charge in [0, 0.05) is 13.0 Å². The normalized spacial score (nSPS) is 24.2. The summed E-state index contributed by atoms with van der Waals surface area (Å²) in [7, 11) is 0. The molecule has 12 heavy (non-hydrogen) atoms. The van der Waals surface area contributed by atoms with E-state index >= 15 is 0 Å². The average Bonchev–Trinajstić information content (AvgIpc) is 2.49. The van der Waals surface area contributed by atoms with Crippen LogP contribution in [0, 0.1) is 5.92 Å². The first-order valence-corrected chi connectivity index (χ1v) is 4.55. The second-order valence-corrected chi connectivity index (χ2v) is 3.66. The van der Waals surface area contributed by atoms with Gasteiger partial charge in [0.25, 0.3) is 0 Å². The Morgan fingerprint density at radius 3 is 2.50 bits per heavy atom. The van der Waals surface area contributed by atoms with Crippen molar-refractivity contribution in [2.75, 3.05) is 19.8 Å². The molecule has 0 saturated carbocycles. The van der Waals surface area contributed by atoms with Crippen molar-refractivity contribution < 1.29 is 14.6 Å². The van der Waals surface area contributed by atoms with Gasteiger partial charge in [-0.05, 0) is 19.3 Å². The Hall–Kier alpha value is -0.120. The van der Waals surface area contributed by atoms with Crippen LogP contribution in [0.25, 0.3) is 0 Å². The van der Waals surface area contributed by atoms with Crippen molar-refractivity contribution in [1.29, 1.82) is 0 Å². The fraction of sp³-hybridized carbons (Fsp3) is 1.00. The van der Waals surface area contributed by atoms with Crippen LogP contribution in [0.5, 0.6) is 0 Å². The number of aliphatic hydroxyl groups excluding tert-OH is 1. The molecule has 1 N–H and O–H groups in total. The standard InChI is InChI=1S/C9H18O3/c1-8(7-10)3-4-9(2)11-5-6-12-9/h8,10H,3-7H2,1-2H3. The maximum absolute atomic E-state index is 8.81. The second-order valence-electron chi connectivity index (χ2n) is 3.66. The van der Waals surface area contributed by atoms with E-state index in [2.05, 4.69) is 0 Å². The largest absolute Gasteiger partial charge is 0.396 e. The van der Waals surface area contributed by atoms with E-state index < -0.39 is 0 Å². The number of hydrogen-bond donors (Lipinski definition) is 1. The summed E-state index contributed by atoms with van der Waals surface area (Å²) in [5.41, 5.74) is 0. The van der Waals surface area contributed by atoms with Crippen LogP contribution >= 0.6 is 0 Å². The second kappa shape index (κ2) is 4.21. The van der Waals surface area contributed by atoms with Crippen LogP contribution in [-0.4, -0.2) is 30.7 Å². The van der Waals surface area contributed by atoms with Crippen LogP contribution in [0.4, 0.5) is 0 Å². The Bertz CT molecular complexity index is 130. The monoisotopic (exact) mass is 174 g/mol. The van der Waals surface area contributed by atoms with Gasteiger partial charge in [0.15, 0.2) is 5.79 Å². The van der Waals surface area contributed by atoms with Crippen LogP contribution < -0.4 is 0 Å². The van der Waals surface area contributed by atoms with Gasteiger partial charge < -0.3 is 14.6 Å². The van der Waals surface area contributed by atoms with Crippen LogP contribution in [0.15, 0.2) is 0 Å². The molecule has 0 amide bonds. The van der Waals surface area contributed by atoms with Gasteiger partial charge in [0.1, 0.15) is 0 Å². The van der Waals surface area contributed by atoms with Gasteiger partial charge in [-0.15, -0.1) is 0 Å². The van der Waals surface area contributed by atoms with Crippen molar-refractivity contribution in [2.24, 2.45) is 5.92 Å². The number of ether oxygens (including phenoxy) is 2. The Kier molecular flexibility index (Phi) is 3.50. The minimum atomic E-state index is -0.385. The van der Waals surface area contributed by atoms with Crippen LogP contribution in [-0.2, 0) is 9.47 Å². The summed E-state index contributed by atoms with van der Waals surface area (Å²) in [6.07, 6.45) is 1.82. The van der Waals surface area contributed by atoms with Crippen molar-refractivity contribution in [1.82, 2.24) is 0 Å². The van der Waals surface area contributed by atoms with E-state index in [0.717, 1.165) is 12.8 Å². The molecule has 3 nitrogen and oxygen atoms in total. The van der Waals surface area contributed by atoms with E-state index in [4.69, 9.17) is 14.6 Å². The highest BCUT2D eigenvalue weighted by Gasteiger charge is 2.30. The van der Waals surface area contributed by atoms with Gasteiger partial charge in [0.2, 0.25) is 0 Å². The van der Waals surface area contributed by atoms with Crippen LogP contribution in [0.3, 0.4) is 0 Å². The maximum atomic E-state index is 8.81. The van der Waals surface area contributed by atoms with Crippen molar-refractivity contribution >= 4 is 0 Å². The highest BCUT2D eigenvalue weighted by Crippen LogP contribution is 2.25. The van der Waals surface area contributed by atoms with Crippen molar-refractivity contribution in [3.05, 3.63) is 0 Å². The molecule has 0 aromatic carbocycles. The van der Waals surface area contributed by atoms with Gasteiger partial charge in [0.05, 0.1) is 13.2 Å². The zero-order valence-electron chi connectivity index (χ0n) is 7.88. The zero-order valence-corrected chi connectivity index (χ0v) is 7.88. The van der Waals surface area contributed by atoms with Gasteiger partial charge in [-0.1, -0.05) is 6.92 Å². The van der Waals surface area contributed by atoms with Gasteiger partial charge in [-0.2, -0.15) is 0 Å². The van der Waals surface area contributed by atoms with Crippen LogP contribution in [0.2, 0.25) is 0 Å². The SMILES string of the molecule is CC(CO)CCC1(C)OCCO1. The fourth-order valence-corrected chi connectivity index (χ4v) is 1.30. The summed E-state index contributed by atoms with van der Waals surface area (Å²) < 4.78 is 10.9. The maximum Gasteiger partial charge on any atom is 0.165 e. The van der Waals surface area contributed by atoms with Crippen molar-refractivity contribution in [2.45, 2.75) is 32.5 Å². The number of rotatable bonds is 4. The first kappa shape index (κ1) is 9.96. The molecule has 3 heteroatoms. The number of aliphatic hydroxyl groups is 1. The third-order valence-electron chi connectivity index (χ3n) is 2.30. The van der Waals surface area contributed by atoms with E-state index in [0.29, 0.717) is 19.1 Å². The summed E-state index contributed by atoms with van der Waals surface area (Å²) in [6, 6.07) is 0. The Balaban J connectivity index is 2.21. The molecule has 0 bridgehead atoms. The van der Waals surface area contributed by atoms with E-state index in [-0.39, 0.29) is 12.4 Å². The third-order valence-corrected chi connectivity index (χ3v) is 2.30. The van der Waals surface area contributed by atoms with Crippen molar-refractivity contribution in [3.63, 3.8) is 0 Å². The average molecular weight is 174 g/mol. The summed E-state index contributed by atoms with van der Waals surface area (Å²) in [5, 5.41) is 8.81. The van der Waals surface area contributed by atoms with E-state index in [1.54, 1.807) is 0 Å². The summed E-state index contributed by atoms with van der Waals surface area (Å²) in [4.78, 5) is 0. The molecule has 1 rings (SSSR count). The molecule has 0 spiro atoms. The number of hydrogen-bond acceptors (Lipinski definition) is 3. The Labute approximate surface area is 73.7 Å². The molecule has 1 aliphatic heterocycles. The van der Waals surface area contributed by atoms with Gasteiger partial charge in [-0.3, -0.25) is 0 Å². The molecule has 1 fully saturated rings. The van der Waals surface area contributed by atoms with Crippen molar-refractivity contribution in [3.8, 4) is 0 Å². The topological polar surface area (TPSA) is 38.7 Å². The quantitative estimate of drug-likeness (QED) is 0.695.